The van der Waals surface area contributed by atoms with Gasteiger partial charge < -0.3 is 11.1 Å². The zero-order chi connectivity index (χ0) is 14.7. The van der Waals surface area contributed by atoms with E-state index in [-0.39, 0.29) is 5.56 Å². The monoisotopic (exact) mass is 272 g/mol. The van der Waals surface area contributed by atoms with Crippen LogP contribution in [0, 0.1) is 5.82 Å². The molecule has 0 spiro atoms. The number of nitrogen functional groups attached to an aromatic ring is 1. The number of nitrogens with one attached hydrogen (secondary N) is 1. The number of carbonyl (C=O) groups is 1. The lowest BCUT2D eigenvalue weighted by atomic mass is 10.0. The highest BCUT2D eigenvalue weighted by Crippen LogP contribution is 2.18. The minimum absolute atomic E-state index is 0.0212. The van der Waals surface area contributed by atoms with Crippen molar-refractivity contribution >= 4 is 17.3 Å². The highest BCUT2D eigenvalue weighted by atomic mass is 19.1. The number of amides is 1. The number of benzene rings is 2. The topological polar surface area (TPSA) is 55.1 Å². The van der Waals surface area contributed by atoms with E-state index in [1.165, 1.54) is 17.7 Å². The van der Waals surface area contributed by atoms with E-state index in [9.17, 15) is 9.18 Å². The predicted octanol–water partition coefficient (Wildman–Crippen LogP) is 3.78. The second-order valence-electron chi connectivity index (χ2n) is 4.97. The first-order chi connectivity index (χ1) is 9.47. The third-order valence-electron chi connectivity index (χ3n) is 3.07. The van der Waals surface area contributed by atoms with Crippen molar-refractivity contribution in [1.29, 1.82) is 0 Å². The zero-order valence-electron chi connectivity index (χ0n) is 11.5. The Morgan fingerprint density at radius 1 is 1.15 bits per heavy atom. The van der Waals surface area contributed by atoms with E-state index < -0.39 is 11.7 Å². The average Bonchev–Trinajstić information content (AvgIpc) is 2.39. The number of anilines is 2. The first-order valence-electron chi connectivity index (χ1n) is 6.43. The molecule has 1 amide bonds. The number of hydrogen-bond acceptors (Lipinski definition) is 2. The molecule has 2 aromatic rings. The Morgan fingerprint density at radius 2 is 1.80 bits per heavy atom. The van der Waals surface area contributed by atoms with Crippen LogP contribution in [0.25, 0.3) is 0 Å². The van der Waals surface area contributed by atoms with Gasteiger partial charge in [-0.15, -0.1) is 0 Å². The molecule has 0 aliphatic carbocycles. The fraction of sp³-hybridized carbons (Fsp3) is 0.188. The van der Waals surface area contributed by atoms with Crippen molar-refractivity contribution in [2.24, 2.45) is 0 Å². The van der Waals surface area contributed by atoms with Gasteiger partial charge in [0.05, 0.1) is 5.56 Å². The number of nitrogens with two attached hydrogens (primary N) is 1. The molecule has 3 nitrogen and oxygen atoms in total. The maximum absolute atomic E-state index is 13.6. The van der Waals surface area contributed by atoms with Crippen molar-refractivity contribution in [3.05, 3.63) is 59.4 Å². The lowest BCUT2D eigenvalue weighted by Crippen LogP contribution is -2.14. The van der Waals surface area contributed by atoms with Crippen LogP contribution in [0.1, 0.15) is 35.7 Å². The molecule has 2 rings (SSSR count). The Kier molecular flexibility index (Phi) is 4.03. The van der Waals surface area contributed by atoms with Gasteiger partial charge in [-0.25, -0.2) is 4.39 Å². The van der Waals surface area contributed by atoms with Crippen molar-refractivity contribution in [3.63, 3.8) is 0 Å². The van der Waals surface area contributed by atoms with Crippen LogP contribution < -0.4 is 11.1 Å². The fourth-order valence-corrected chi connectivity index (χ4v) is 1.87. The summed E-state index contributed by atoms with van der Waals surface area (Å²) in [6.07, 6.45) is 0. The van der Waals surface area contributed by atoms with E-state index in [1.807, 2.05) is 24.3 Å². The average molecular weight is 272 g/mol. The summed E-state index contributed by atoms with van der Waals surface area (Å²) in [7, 11) is 0. The van der Waals surface area contributed by atoms with Crippen LogP contribution in [0.15, 0.2) is 42.5 Å². The SMILES string of the molecule is CC(C)c1ccc(NC(=O)c2ccc(N)cc2F)cc1. The molecule has 0 unspecified atom stereocenters. The standard InChI is InChI=1S/C16H17FN2O/c1-10(2)11-3-6-13(7-4-11)19-16(20)14-8-5-12(18)9-15(14)17/h3-10H,18H2,1-2H3,(H,19,20). The van der Waals surface area contributed by atoms with Gasteiger partial charge in [-0.2, -0.15) is 0 Å². The van der Waals surface area contributed by atoms with Crippen LogP contribution in [-0.4, -0.2) is 5.91 Å². The van der Waals surface area contributed by atoms with Gasteiger partial charge in [-0.1, -0.05) is 26.0 Å². The summed E-state index contributed by atoms with van der Waals surface area (Å²) in [6, 6.07) is 11.5. The fourth-order valence-electron chi connectivity index (χ4n) is 1.87. The highest BCUT2D eigenvalue weighted by Gasteiger charge is 2.12. The summed E-state index contributed by atoms with van der Waals surface area (Å²) in [5, 5.41) is 2.66. The third kappa shape index (κ3) is 3.15. The van der Waals surface area contributed by atoms with E-state index in [0.717, 1.165) is 6.07 Å². The van der Waals surface area contributed by atoms with Crippen LogP contribution in [-0.2, 0) is 0 Å². The van der Waals surface area contributed by atoms with Gasteiger partial charge in [0.2, 0.25) is 0 Å². The first kappa shape index (κ1) is 14.1. The lowest BCUT2D eigenvalue weighted by molar-refractivity contribution is 0.102. The van der Waals surface area contributed by atoms with Gasteiger partial charge in [-0.05, 0) is 41.8 Å². The van der Waals surface area contributed by atoms with Crippen molar-refractivity contribution in [2.75, 3.05) is 11.1 Å². The molecule has 0 saturated carbocycles. The molecular formula is C16H17FN2O. The molecule has 0 aliphatic rings. The molecule has 3 N–H and O–H groups in total. The Labute approximate surface area is 117 Å². The number of carbonyl (C=O) groups excluding carboxylic acids is 1. The van der Waals surface area contributed by atoms with E-state index in [2.05, 4.69) is 19.2 Å². The molecule has 0 atom stereocenters. The van der Waals surface area contributed by atoms with Crippen molar-refractivity contribution in [1.82, 2.24) is 0 Å². The maximum Gasteiger partial charge on any atom is 0.258 e. The molecule has 0 fully saturated rings. The number of rotatable bonds is 3. The highest BCUT2D eigenvalue weighted by molar-refractivity contribution is 6.04. The summed E-state index contributed by atoms with van der Waals surface area (Å²) in [4.78, 5) is 12.0. The van der Waals surface area contributed by atoms with Gasteiger partial charge in [0, 0.05) is 11.4 Å². The molecule has 104 valence electrons. The minimum atomic E-state index is -0.624. The lowest BCUT2D eigenvalue weighted by Gasteiger charge is -2.09. The number of halogens is 1. The van der Waals surface area contributed by atoms with Crippen molar-refractivity contribution in [2.45, 2.75) is 19.8 Å². The van der Waals surface area contributed by atoms with E-state index in [4.69, 9.17) is 5.73 Å². The largest absolute Gasteiger partial charge is 0.399 e. The molecule has 0 saturated heterocycles. The van der Waals surface area contributed by atoms with E-state index in [1.54, 1.807) is 0 Å². The van der Waals surface area contributed by atoms with E-state index >= 15 is 0 Å². The van der Waals surface area contributed by atoms with Crippen LogP contribution >= 0.6 is 0 Å². The van der Waals surface area contributed by atoms with Gasteiger partial charge in [0.1, 0.15) is 5.82 Å². The second kappa shape index (κ2) is 5.74. The zero-order valence-corrected chi connectivity index (χ0v) is 11.5. The quantitative estimate of drug-likeness (QED) is 0.835. The number of hydrogen-bond donors (Lipinski definition) is 2. The molecule has 0 bridgehead atoms. The van der Waals surface area contributed by atoms with E-state index in [0.29, 0.717) is 17.3 Å². The minimum Gasteiger partial charge on any atom is -0.399 e. The molecule has 4 heteroatoms. The third-order valence-corrected chi connectivity index (χ3v) is 3.07. The Morgan fingerprint density at radius 3 is 2.35 bits per heavy atom. The summed E-state index contributed by atoms with van der Waals surface area (Å²) in [5.74, 6) is -0.685. The first-order valence-corrected chi connectivity index (χ1v) is 6.43. The Bertz CT molecular complexity index is 621. The van der Waals surface area contributed by atoms with Gasteiger partial charge in [-0.3, -0.25) is 4.79 Å². The smallest absolute Gasteiger partial charge is 0.258 e. The van der Waals surface area contributed by atoms with Crippen LogP contribution in [0.4, 0.5) is 15.8 Å². The molecule has 2 aromatic carbocycles. The molecular weight excluding hydrogens is 255 g/mol. The van der Waals surface area contributed by atoms with Gasteiger partial charge in [0.15, 0.2) is 0 Å². The predicted molar refractivity (Wildman–Crippen MR) is 79.3 cm³/mol. The van der Waals surface area contributed by atoms with Crippen molar-refractivity contribution < 1.29 is 9.18 Å². The van der Waals surface area contributed by atoms with Crippen LogP contribution in [0.5, 0.6) is 0 Å². The summed E-state index contributed by atoms with van der Waals surface area (Å²) in [5.41, 5.74) is 7.54. The Hall–Kier alpha value is -2.36. The molecule has 0 aromatic heterocycles. The Balaban J connectivity index is 2.15. The molecule has 0 aliphatic heterocycles. The summed E-state index contributed by atoms with van der Waals surface area (Å²) >= 11 is 0. The molecule has 20 heavy (non-hydrogen) atoms. The molecule has 0 heterocycles. The summed E-state index contributed by atoms with van der Waals surface area (Å²) < 4.78 is 13.6. The van der Waals surface area contributed by atoms with Gasteiger partial charge in [0.25, 0.3) is 5.91 Å². The van der Waals surface area contributed by atoms with Crippen LogP contribution in [0.2, 0.25) is 0 Å². The molecule has 0 radical (unpaired) electrons. The maximum atomic E-state index is 13.6. The van der Waals surface area contributed by atoms with Gasteiger partial charge >= 0.3 is 0 Å². The summed E-state index contributed by atoms with van der Waals surface area (Å²) in [6.45, 7) is 4.19. The van der Waals surface area contributed by atoms with Crippen molar-refractivity contribution in [3.8, 4) is 0 Å². The van der Waals surface area contributed by atoms with Crippen LogP contribution in [0.3, 0.4) is 0 Å². The second-order valence-corrected chi connectivity index (χ2v) is 4.97. The normalized spacial score (nSPS) is 10.6.